The molecule has 0 aliphatic carbocycles. The molecule has 0 radical (unpaired) electrons. The molecule has 0 fully saturated rings. The van der Waals surface area contributed by atoms with Crippen molar-refractivity contribution in [3.63, 3.8) is 0 Å². The molecule has 10 nitrogen and oxygen atoms in total. The first kappa shape index (κ1) is 23.7. The summed E-state index contributed by atoms with van der Waals surface area (Å²) >= 11 is 4.27. The summed E-state index contributed by atoms with van der Waals surface area (Å²) < 4.78 is 10.8. The number of hydrogen-bond donors (Lipinski definition) is 4. The predicted molar refractivity (Wildman–Crippen MR) is 104 cm³/mol. The molecule has 27 heavy (non-hydrogen) atoms. The van der Waals surface area contributed by atoms with Gasteiger partial charge in [0.05, 0.1) is 0 Å². The molecule has 0 spiro atoms. The molecule has 12 heteroatoms. The smallest absolute Gasteiger partial charge is 0.331 e. The van der Waals surface area contributed by atoms with E-state index < -0.39 is 30.3 Å². The molecule has 2 rings (SSSR count). The minimum Gasteiger partial charge on any atom is -0.469 e. The fourth-order valence-electron chi connectivity index (χ4n) is 2.29. The third-order valence-corrected chi connectivity index (χ3v) is 4.54. The lowest BCUT2D eigenvalue weighted by molar-refractivity contribution is -0.00967. The lowest BCUT2D eigenvalue weighted by Gasteiger charge is -2.18. The van der Waals surface area contributed by atoms with Crippen molar-refractivity contribution in [2.24, 2.45) is 0 Å². The first-order valence-corrected chi connectivity index (χ1v) is 11.0. The largest absolute Gasteiger partial charge is 0.469 e. The summed E-state index contributed by atoms with van der Waals surface area (Å²) in [5, 5.41) is 9.79. The molecule has 1 aliphatic rings. The van der Waals surface area contributed by atoms with E-state index in [-0.39, 0.29) is 12.4 Å². The highest BCUT2D eigenvalue weighted by Gasteiger charge is 2.30. The van der Waals surface area contributed by atoms with Crippen molar-refractivity contribution in [1.29, 1.82) is 0 Å². The van der Waals surface area contributed by atoms with Gasteiger partial charge in [-0.15, -0.1) is 0 Å². The molecule has 1 aromatic heterocycles. The maximum atomic E-state index is 11.6. The van der Waals surface area contributed by atoms with E-state index in [1.54, 1.807) is 0 Å². The van der Waals surface area contributed by atoms with Crippen LogP contribution in [0.15, 0.2) is 33.7 Å². The summed E-state index contributed by atoms with van der Waals surface area (Å²) in [7, 11) is 0. The van der Waals surface area contributed by atoms with Gasteiger partial charge in [0.25, 0.3) is 5.56 Å². The number of ether oxygens (including phenoxy) is 1. The molecule has 2 heterocycles. The Morgan fingerprint density at radius 1 is 1.30 bits per heavy atom. The summed E-state index contributed by atoms with van der Waals surface area (Å²) in [5.74, 6) is 0.0953. The first-order valence-electron chi connectivity index (χ1n) is 8.40. The summed E-state index contributed by atoms with van der Waals surface area (Å²) in [5.41, 5.74) is -1.32. The van der Waals surface area contributed by atoms with Gasteiger partial charge < -0.3 is 29.1 Å². The standard InChI is InChI=1S/C9H11N2O7PS.C6H15N/c12-6-3-5(4-17-19(15,16)20)18-8(6)11-2-1-7(13)10-9(11)14;1-4-7(5-2)6-3/h1-3,6,8,12H,4H2,(H,10,13,14)(H2,15,16,20);4-6H2,1-3H3/t6-,8-;/m1./s1. The molecule has 0 bridgehead atoms. The van der Waals surface area contributed by atoms with Crippen molar-refractivity contribution in [2.45, 2.75) is 33.1 Å². The highest BCUT2D eigenvalue weighted by Crippen LogP contribution is 2.38. The third-order valence-electron chi connectivity index (χ3n) is 3.76. The van der Waals surface area contributed by atoms with Gasteiger partial charge in [-0.1, -0.05) is 20.8 Å². The van der Waals surface area contributed by atoms with Crippen molar-refractivity contribution in [1.82, 2.24) is 14.5 Å². The van der Waals surface area contributed by atoms with Gasteiger partial charge in [-0.25, -0.2) is 4.79 Å². The fraction of sp³-hybridized carbons (Fsp3) is 0.600. The Labute approximate surface area is 161 Å². The van der Waals surface area contributed by atoms with Crippen LogP contribution in [-0.4, -0.2) is 61.7 Å². The Morgan fingerprint density at radius 2 is 1.89 bits per heavy atom. The van der Waals surface area contributed by atoms with E-state index in [2.05, 4.69) is 42.0 Å². The van der Waals surface area contributed by atoms with Crippen LogP contribution in [0.5, 0.6) is 0 Å². The molecule has 1 aliphatic heterocycles. The Kier molecular flexibility index (Phi) is 9.54. The van der Waals surface area contributed by atoms with Crippen molar-refractivity contribution in [3.05, 3.63) is 44.9 Å². The van der Waals surface area contributed by atoms with E-state index in [0.29, 0.717) is 0 Å². The molecule has 4 N–H and O–H groups in total. The SMILES string of the molecule is CCN(CC)CC.O=c1ccn([C@@H]2OC(COP(O)(O)=S)=C[C@H]2O)c(=O)[nH]1. The van der Waals surface area contributed by atoms with Gasteiger partial charge in [0.2, 0.25) is 6.23 Å². The second-order valence-corrected chi connectivity index (χ2v) is 8.20. The van der Waals surface area contributed by atoms with Gasteiger partial charge in [-0.3, -0.25) is 14.3 Å². The van der Waals surface area contributed by atoms with Crippen LogP contribution in [0.25, 0.3) is 0 Å². The van der Waals surface area contributed by atoms with Gasteiger partial charge in [0.1, 0.15) is 18.5 Å². The van der Waals surface area contributed by atoms with Crippen LogP contribution >= 0.6 is 6.72 Å². The number of nitrogens with one attached hydrogen (secondary N) is 1. The van der Waals surface area contributed by atoms with Gasteiger partial charge in [0, 0.05) is 12.3 Å². The normalized spacial score (nSPS) is 19.3. The van der Waals surface area contributed by atoms with Crippen LogP contribution in [0.1, 0.15) is 27.0 Å². The minimum absolute atomic E-state index is 0.0953. The number of aromatic nitrogens is 2. The number of nitrogens with zero attached hydrogens (tertiary/aromatic N) is 2. The van der Waals surface area contributed by atoms with E-state index in [1.807, 2.05) is 4.98 Å². The second-order valence-electron chi connectivity index (χ2n) is 5.53. The van der Waals surface area contributed by atoms with Crippen molar-refractivity contribution in [3.8, 4) is 0 Å². The molecule has 0 saturated carbocycles. The molecule has 0 aromatic carbocycles. The fourth-order valence-corrected chi connectivity index (χ4v) is 2.74. The average Bonchev–Trinajstić information content (AvgIpc) is 2.95. The Balaban J connectivity index is 0.000000445. The summed E-state index contributed by atoms with van der Waals surface area (Å²) in [6.45, 7) is 5.94. The van der Waals surface area contributed by atoms with Crippen LogP contribution in [0.3, 0.4) is 0 Å². The highest BCUT2D eigenvalue weighted by molar-refractivity contribution is 8.06. The van der Waals surface area contributed by atoms with Crippen LogP contribution < -0.4 is 11.2 Å². The number of H-pyrrole nitrogens is 1. The molecule has 2 atom stereocenters. The zero-order valence-electron chi connectivity index (χ0n) is 15.4. The maximum Gasteiger partial charge on any atom is 0.331 e. The van der Waals surface area contributed by atoms with Gasteiger partial charge in [0.15, 0.2) is 0 Å². The predicted octanol–water partition coefficient (Wildman–Crippen LogP) is -0.116. The molecule has 154 valence electrons. The minimum atomic E-state index is -3.83. The number of hydrogen-bond acceptors (Lipinski definition) is 7. The lowest BCUT2D eigenvalue weighted by Crippen LogP contribution is -2.35. The Morgan fingerprint density at radius 3 is 2.33 bits per heavy atom. The molecular formula is C15H26N3O7PS. The quantitative estimate of drug-likeness (QED) is 0.443. The molecule has 0 unspecified atom stereocenters. The van der Waals surface area contributed by atoms with E-state index in [0.717, 1.165) is 10.6 Å². The number of aliphatic hydroxyl groups excluding tert-OH is 1. The third kappa shape index (κ3) is 8.06. The number of aliphatic hydroxyl groups is 1. The lowest BCUT2D eigenvalue weighted by atomic mass is 10.3. The van der Waals surface area contributed by atoms with E-state index >= 15 is 0 Å². The van der Waals surface area contributed by atoms with Gasteiger partial charge >= 0.3 is 12.4 Å². The maximum absolute atomic E-state index is 11.6. The van der Waals surface area contributed by atoms with Crippen molar-refractivity contribution in [2.75, 3.05) is 26.2 Å². The van der Waals surface area contributed by atoms with E-state index in [1.165, 1.54) is 31.9 Å². The monoisotopic (exact) mass is 423 g/mol. The summed E-state index contributed by atoms with van der Waals surface area (Å²) in [4.78, 5) is 44.8. The van der Waals surface area contributed by atoms with E-state index in [4.69, 9.17) is 14.5 Å². The van der Waals surface area contributed by atoms with Gasteiger partial charge in [-0.2, -0.15) is 0 Å². The topological polar surface area (TPSA) is 137 Å². The van der Waals surface area contributed by atoms with Crippen molar-refractivity contribution >= 4 is 18.5 Å². The van der Waals surface area contributed by atoms with Crippen LogP contribution in [-0.2, 0) is 21.1 Å². The van der Waals surface area contributed by atoms with Crippen LogP contribution in [0.4, 0.5) is 0 Å². The second kappa shape index (κ2) is 10.9. The zero-order chi connectivity index (χ0) is 20.6. The van der Waals surface area contributed by atoms with Gasteiger partial charge in [-0.05, 0) is 37.5 Å². The molecular weight excluding hydrogens is 397 g/mol. The Bertz CT molecular complexity index is 779. The van der Waals surface area contributed by atoms with Crippen LogP contribution in [0, 0.1) is 0 Å². The number of aromatic amines is 1. The molecule has 1 aromatic rings. The van der Waals surface area contributed by atoms with Crippen molar-refractivity contribution < 1.29 is 24.2 Å². The molecule has 0 saturated heterocycles. The summed E-state index contributed by atoms with van der Waals surface area (Å²) in [6, 6.07) is 1.10. The number of rotatable bonds is 7. The average molecular weight is 423 g/mol. The van der Waals surface area contributed by atoms with Crippen LogP contribution in [0.2, 0.25) is 0 Å². The van der Waals surface area contributed by atoms with E-state index in [9.17, 15) is 14.7 Å². The summed E-state index contributed by atoms with van der Waals surface area (Å²) in [6.07, 6.45) is 0.183. The Hall–Kier alpha value is -1.33. The highest BCUT2D eigenvalue weighted by atomic mass is 32.5. The first-order chi connectivity index (χ1) is 12.6. The molecule has 0 amide bonds. The zero-order valence-corrected chi connectivity index (χ0v) is 17.2.